The summed E-state index contributed by atoms with van der Waals surface area (Å²) >= 11 is 1.86. The molecular weight excluding hydrogens is 292 g/mol. The monoisotopic (exact) mass is 320 g/mol. The van der Waals surface area contributed by atoms with Gasteiger partial charge in [0.15, 0.2) is 0 Å². The van der Waals surface area contributed by atoms with Crippen LogP contribution in [-0.2, 0) is 11.3 Å². The Morgan fingerprint density at radius 1 is 1.18 bits per heavy atom. The number of amides is 1. The maximum Gasteiger partial charge on any atom is 0.225 e. The van der Waals surface area contributed by atoms with E-state index < -0.39 is 0 Å². The van der Waals surface area contributed by atoms with Crippen molar-refractivity contribution in [1.29, 1.82) is 0 Å². The third kappa shape index (κ3) is 3.72. The minimum atomic E-state index is 0.272. The third-order valence-electron chi connectivity index (χ3n) is 5.37. The average molecular weight is 321 g/mol. The van der Waals surface area contributed by atoms with E-state index in [0.717, 1.165) is 51.5 Å². The van der Waals surface area contributed by atoms with Crippen LogP contribution in [-0.4, -0.2) is 41.9 Å². The fraction of sp³-hybridized carbons (Fsp3) is 0.722. The van der Waals surface area contributed by atoms with E-state index in [-0.39, 0.29) is 5.92 Å². The molecule has 0 unspecified atom stereocenters. The number of likely N-dealkylation sites (tertiary alicyclic amines) is 2. The summed E-state index contributed by atoms with van der Waals surface area (Å²) in [4.78, 5) is 18.8. The molecule has 2 fully saturated rings. The van der Waals surface area contributed by atoms with Gasteiger partial charge in [-0.2, -0.15) is 0 Å². The van der Waals surface area contributed by atoms with Gasteiger partial charge in [0.25, 0.3) is 0 Å². The lowest BCUT2D eigenvalue weighted by atomic mass is 9.92. The summed E-state index contributed by atoms with van der Waals surface area (Å²) in [5, 5.41) is 2.18. The molecule has 2 saturated heterocycles. The van der Waals surface area contributed by atoms with Crippen molar-refractivity contribution < 1.29 is 4.79 Å². The van der Waals surface area contributed by atoms with Crippen LogP contribution < -0.4 is 0 Å². The first-order chi connectivity index (χ1) is 10.6. The van der Waals surface area contributed by atoms with Crippen LogP contribution in [0.2, 0.25) is 0 Å². The molecule has 0 radical (unpaired) electrons. The Balaban J connectivity index is 1.47. The first-order valence-corrected chi connectivity index (χ1v) is 9.55. The minimum absolute atomic E-state index is 0.272. The van der Waals surface area contributed by atoms with E-state index in [1.165, 1.54) is 23.3 Å². The van der Waals surface area contributed by atoms with Gasteiger partial charge in [0.05, 0.1) is 0 Å². The van der Waals surface area contributed by atoms with Gasteiger partial charge >= 0.3 is 0 Å². The second-order valence-corrected chi connectivity index (χ2v) is 8.09. The molecule has 122 valence electrons. The van der Waals surface area contributed by atoms with Gasteiger partial charge in [-0.25, -0.2) is 0 Å². The molecule has 4 heteroatoms. The van der Waals surface area contributed by atoms with Crippen molar-refractivity contribution in [2.24, 2.45) is 11.8 Å². The Morgan fingerprint density at radius 3 is 2.45 bits per heavy atom. The highest BCUT2D eigenvalue weighted by atomic mass is 32.1. The molecule has 0 N–H and O–H groups in total. The molecular formula is C18H28N2OS. The second-order valence-electron chi connectivity index (χ2n) is 7.09. The van der Waals surface area contributed by atoms with Crippen molar-refractivity contribution in [3.63, 3.8) is 0 Å². The van der Waals surface area contributed by atoms with Crippen molar-refractivity contribution in [2.75, 3.05) is 26.2 Å². The molecule has 3 heterocycles. The highest BCUT2D eigenvalue weighted by Gasteiger charge is 2.30. The number of hydrogen-bond acceptors (Lipinski definition) is 3. The van der Waals surface area contributed by atoms with E-state index >= 15 is 0 Å². The van der Waals surface area contributed by atoms with Crippen LogP contribution in [0.1, 0.15) is 43.0 Å². The lowest BCUT2D eigenvalue weighted by Crippen LogP contribution is -2.45. The summed E-state index contributed by atoms with van der Waals surface area (Å²) in [7, 11) is 0. The Labute approximate surface area is 138 Å². The van der Waals surface area contributed by atoms with Crippen LogP contribution in [0.25, 0.3) is 0 Å². The summed E-state index contributed by atoms with van der Waals surface area (Å²) in [6.45, 7) is 9.65. The van der Waals surface area contributed by atoms with E-state index in [0.29, 0.717) is 5.91 Å². The first-order valence-electron chi connectivity index (χ1n) is 8.67. The number of carbonyl (C=O) groups is 1. The molecule has 0 bridgehead atoms. The molecule has 0 atom stereocenters. The van der Waals surface area contributed by atoms with E-state index in [4.69, 9.17) is 0 Å². The van der Waals surface area contributed by atoms with Crippen molar-refractivity contribution in [3.05, 3.63) is 21.9 Å². The Hall–Kier alpha value is -0.870. The van der Waals surface area contributed by atoms with Crippen LogP contribution >= 0.6 is 11.3 Å². The maximum atomic E-state index is 12.6. The molecule has 3 nitrogen and oxygen atoms in total. The topological polar surface area (TPSA) is 23.6 Å². The summed E-state index contributed by atoms with van der Waals surface area (Å²) in [6, 6.07) is 2.20. The predicted molar refractivity (Wildman–Crippen MR) is 92.0 cm³/mol. The van der Waals surface area contributed by atoms with Gasteiger partial charge in [-0.3, -0.25) is 9.69 Å². The molecule has 2 aliphatic rings. The maximum absolute atomic E-state index is 12.6. The Bertz CT molecular complexity index is 497. The molecule has 0 aromatic carbocycles. The minimum Gasteiger partial charge on any atom is -0.342 e. The van der Waals surface area contributed by atoms with Crippen molar-refractivity contribution >= 4 is 17.2 Å². The van der Waals surface area contributed by atoms with Gasteiger partial charge in [0.1, 0.15) is 0 Å². The van der Waals surface area contributed by atoms with Crippen LogP contribution in [0.4, 0.5) is 0 Å². The SMILES string of the molecule is Cc1ccsc1CN1CCC(C(=O)N2CCC(C)CC2)CC1. The van der Waals surface area contributed by atoms with Crippen molar-refractivity contribution in [1.82, 2.24) is 9.80 Å². The fourth-order valence-electron chi connectivity index (χ4n) is 3.59. The standard InChI is InChI=1S/C18H28N2OS/c1-14-3-10-20(11-4-14)18(21)16-5-8-19(9-6-16)13-17-15(2)7-12-22-17/h7,12,14,16H,3-6,8-11,13H2,1-2H3. The molecule has 1 aromatic heterocycles. The van der Waals surface area contributed by atoms with E-state index in [1.807, 2.05) is 11.3 Å². The number of carbonyl (C=O) groups excluding carboxylic acids is 1. The number of piperidine rings is 2. The normalized spacial score (nSPS) is 22.2. The van der Waals surface area contributed by atoms with Crippen LogP contribution in [0, 0.1) is 18.8 Å². The van der Waals surface area contributed by atoms with Crippen LogP contribution in [0.5, 0.6) is 0 Å². The quantitative estimate of drug-likeness (QED) is 0.850. The van der Waals surface area contributed by atoms with Crippen LogP contribution in [0.15, 0.2) is 11.4 Å². The van der Waals surface area contributed by atoms with Gasteiger partial charge in [-0.05, 0) is 68.6 Å². The highest BCUT2D eigenvalue weighted by molar-refractivity contribution is 7.10. The van der Waals surface area contributed by atoms with Gasteiger partial charge < -0.3 is 4.90 Å². The van der Waals surface area contributed by atoms with Crippen molar-refractivity contribution in [2.45, 2.75) is 46.1 Å². The van der Waals surface area contributed by atoms with Gasteiger partial charge in [-0.1, -0.05) is 6.92 Å². The van der Waals surface area contributed by atoms with Crippen LogP contribution in [0.3, 0.4) is 0 Å². The number of thiophene rings is 1. The Morgan fingerprint density at radius 2 is 1.86 bits per heavy atom. The lowest BCUT2D eigenvalue weighted by molar-refractivity contribution is -0.138. The molecule has 0 spiro atoms. The fourth-order valence-corrected chi connectivity index (χ4v) is 4.54. The Kier molecular flexibility index (Phi) is 5.19. The second kappa shape index (κ2) is 7.14. The smallest absolute Gasteiger partial charge is 0.225 e. The van der Waals surface area contributed by atoms with E-state index in [9.17, 15) is 4.79 Å². The molecule has 2 aliphatic heterocycles. The zero-order valence-electron chi connectivity index (χ0n) is 13.9. The molecule has 22 heavy (non-hydrogen) atoms. The predicted octanol–water partition coefficient (Wildman–Crippen LogP) is 3.53. The van der Waals surface area contributed by atoms with Crippen molar-refractivity contribution in [3.8, 4) is 0 Å². The number of rotatable bonds is 3. The summed E-state index contributed by atoms with van der Waals surface area (Å²) in [5.74, 6) is 1.49. The van der Waals surface area contributed by atoms with Gasteiger partial charge in [-0.15, -0.1) is 11.3 Å². The number of aryl methyl sites for hydroxylation is 1. The molecule has 1 aromatic rings. The summed E-state index contributed by atoms with van der Waals surface area (Å²) < 4.78 is 0. The van der Waals surface area contributed by atoms with E-state index in [2.05, 4.69) is 35.1 Å². The highest BCUT2D eigenvalue weighted by Crippen LogP contribution is 2.25. The van der Waals surface area contributed by atoms with Gasteiger partial charge in [0.2, 0.25) is 5.91 Å². The van der Waals surface area contributed by atoms with Gasteiger partial charge in [0, 0.05) is 30.4 Å². The van der Waals surface area contributed by atoms with E-state index in [1.54, 1.807) is 0 Å². The average Bonchev–Trinajstić information content (AvgIpc) is 2.93. The molecule has 0 saturated carbocycles. The third-order valence-corrected chi connectivity index (χ3v) is 6.38. The lowest BCUT2D eigenvalue weighted by Gasteiger charge is -2.36. The zero-order valence-corrected chi connectivity index (χ0v) is 14.7. The molecule has 3 rings (SSSR count). The zero-order chi connectivity index (χ0) is 15.5. The first kappa shape index (κ1) is 16.0. The summed E-state index contributed by atoms with van der Waals surface area (Å²) in [5.41, 5.74) is 1.41. The molecule has 0 aliphatic carbocycles. The number of nitrogens with zero attached hydrogens (tertiary/aromatic N) is 2. The number of hydrogen-bond donors (Lipinski definition) is 0. The summed E-state index contributed by atoms with van der Waals surface area (Å²) in [6.07, 6.45) is 4.44. The largest absolute Gasteiger partial charge is 0.342 e. The molecule has 1 amide bonds.